The fourth-order valence-electron chi connectivity index (χ4n) is 3.79. The van der Waals surface area contributed by atoms with Crippen molar-refractivity contribution in [2.24, 2.45) is 0 Å². The Labute approximate surface area is 254 Å². The Morgan fingerprint density at radius 2 is 1.81 bits per heavy atom. The predicted molar refractivity (Wildman–Crippen MR) is 158 cm³/mol. The number of nitriles is 1. The van der Waals surface area contributed by atoms with Crippen molar-refractivity contribution >= 4 is 40.8 Å². The number of rotatable bonds is 9. The molecule has 2 atom stereocenters. The third-order valence-corrected chi connectivity index (χ3v) is 6.34. The lowest BCUT2D eigenvalue weighted by molar-refractivity contribution is -0.151. The van der Waals surface area contributed by atoms with Gasteiger partial charge in [-0.25, -0.2) is 9.18 Å². The number of alkyl halides is 2. The monoisotopic (exact) mass is 616 g/mol. The van der Waals surface area contributed by atoms with Crippen molar-refractivity contribution in [2.75, 3.05) is 18.1 Å². The number of para-hydroxylation sites is 2. The van der Waals surface area contributed by atoms with Crippen LogP contribution in [0.1, 0.15) is 39.2 Å². The van der Waals surface area contributed by atoms with Crippen LogP contribution in [-0.4, -0.2) is 42.1 Å². The molecule has 4 rings (SSSR count). The number of amides is 1. The molecule has 222 valence electrons. The van der Waals surface area contributed by atoms with Crippen LogP contribution < -0.4 is 19.1 Å². The zero-order chi connectivity index (χ0) is 30.6. The summed E-state index contributed by atoms with van der Waals surface area (Å²) < 4.78 is 35.4. The van der Waals surface area contributed by atoms with Crippen LogP contribution in [0.25, 0.3) is 0 Å². The van der Waals surface area contributed by atoms with Crippen LogP contribution in [0.5, 0.6) is 23.0 Å². The van der Waals surface area contributed by atoms with Gasteiger partial charge in [0.1, 0.15) is 23.9 Å². The number of benzene rings is 3. The first-order chi connectivity index (χ1) is 20.1. The van der Waals surface area contributed by atoms with E-state index in [1.165, 1.54) is 12.1 Å². The molecule has 1 aliphatic rings. The summed E-state index contributed by atoms with van der Waals surface area (Å²) in [6.45, 7) is 6.35. The van der Waals surface area contributed by atoms with Crippen LogP contribution in [0.4, 0.5) is 10.1 Å². The molecule has 0 radical (unpaired) electrons. The third-order valence-electron chi connectivity index (χ3n) is 5.97. The van der Waals surface area contributed by atoms with Gasteiger partial charge in [0.2, 0.25) is 0 Å². The van der Waals surface area contributed by atoms with E-state index >= 15 is 0 Å². The minimum absolute atomic E-state index is 0.0190. The fourth-order valence-corrected chi connectivity index (χ4v) is 4.00. The summed E-state index contributed by atoms with van der Waals surface area (Å²) in [7, 11) is 0. The van der Waals surface area contributed by atoms with Crippen LogP contribution in [0.2, 0.25) is 0 Å². The normalized spacial score (nSPS) is 14.3. The largest absolute Gasteiger partial charge is 0.489 e. The molecule has 0 saturated carbocycles. The van der Waals surface area contributed by atoms with Crippen molar-refractivity contribution in [2.45, 2.75) is 50.6 Å². The number of hydrogen-bond donors (Lipinski definition) is 0. The second kappa shape index (κ2) is 15.9. The van der Waals surface area contributed by atoms with Crippen molar-refractivity contribution in [1.82, 2.24) is 0 Å². The maximum absolute atomic E-state index is 13.8. The Kier molecular flexibility index (Phi) is 12.3. The molecule has 1 unspecified atom stereocenters. The number of carbonyl (C=O) groups excluding carboxylic acids is 2. The molecule has 1 heterocycles. The van der Waals surface area contributed by atoms with Gasteiger partial charge in [-0.3, -0.25) is 4.79 Å². The van der Waals surface area contributed by atoms with Gasteiger partial charge in [-0.1, -0.05) is 48.7 Å². The molecule has 3 aromatic carbocycles. The van der Waals surface area contributed by atoms with Gasteiger partial charge in [-0.2, -0.15) is 5.26 Å². The number of carbonyl (C=O) groups is 2. The zero-order valence-corrected chi connectivity index (χ0v) is 24.9. The van der Waals surface area contributed by atoms with Crippen LogP contribution in [0, 0.1) is 17.1 Å². The molecule has 0 aromatic heterocycles. The van der Waals surface area contributed by atoms with Gasteiger partial charge in [0.15, 0.2) is 22.5 Å². The summed E-state index contributed by atoms with van der Waals surface area (Å²) in [5.74, 6) is 0.225. The average Bonchev–Trinajstić information content (AvgIpc) is 2.99. The number of anilines is 1. The molecule has 3 aromatic rings. The highest BCUT2D eigenvalue weighted by Crippen LogP contribution is 2.34. The number of nitrogens with zero attached hydrogens (tertiary/aromatic N) is 2. The first-order valence-electron chi connectivity index (χ1n) is 13.3. The lowest BCUT2D eigenvalue weighted by atomic mass is 10.1. The highest BCUT2D eigenvalue weighted by Gasteiger charge is 2.32. The van der Waals surface area contributed by atoms with Gasteiger partial charge in [0.05, 0.1) is 30.0 Å². The SMILES string of the molecule is CC1COc2ccccc2N1C(=O)C(Cl)Cl.CCCCOC(=O)[C@@H](C)Oc1ccc(Oc2ccc(C#N)cc2F)cc1. The summed E-state index contributed by atoms with van der Waals surface area (Å²) in [4.78, 5) is 24.2. The Balaban J connectivity index is 0.000000258. The number of hydrogen-bond acceptors (Lipinski definition) is 7. The standard InChI is InChI=1S/C20H20FNO4.C11H11Cl2NO2/c1-3-4-11-24-20(23)14(2)25-16-6-8-17(9-7-16)26-19-10-5-15(13-22)12-18(19)21;1-7-6-16-9-5-3-2-4-8(9)14(7)11(15)10(12)13/h5-10,12,14H,3-4,11H2,1-2H3;2-5,7,10H,6H2,1H3/t14-;/m1./s1. The zero-order valence-electron chi connectivity index (χ0n) is 23.4. The van der Waals surface area contributed by atoms with E-state index in [2.05, 4.69) is 0 Å². The van der Waals surface area contributed by atoms with Gasteiger partial charge in [0.25, 0.3) is 5.91 Å². The lowest BCUT2D eigenvalue weighted by Crippen LogP contribution is -2.47. The number of ether oxygens (including phenoxy) is 4. The Hall–Kier alpha value is -4.00. The lowest BCUT2D eigenvalue weighted by Gasteiger charge is -2.35. The van der Waals surface area contributed by atoms with E-state index in [1.807, 2.05) is 44.2 Å². The molecule has 0 spiro atoms. The minimum Gasteiger partial charge on any atom is -0.489 e. The van der Waals surface area contributed by atoms with Crippen LogP contribution in [0.15, 0.2) is 66.7 Å². The van der Waals surface area contributed by atoms with Crippen molar-refractivity contribution in [3.05, 3.63) is 78.1 Å². The summed E-state index contributed by atoms with van der Waals surface area (Å²) >= 11 is 11.3. The first kappa shape index (κ1) is 32.5. The highest BCUT2D eigenvalue weighted by atomic mass is 35.5. The average molecular weight is 618 g/mol. The van der Waals surface area contributed by atoms with Gasteiger partial charge >= 0.3 is 5.97 Å². The molecule has 8 nitrogen and oxygen atoms in total. The molecule has 0 bridgehead atoms. The topological polar surface area (TPSA) is 98.1 Å². The van der Waals surface area contributed by atoms with E-state index in [0.29, 0.717) is 30.5 Å². The molecule has 42 heavy (non-hydrogen) atoms. The minimum atomic E-state index is -1.05. The third kappa shape index (κ3) is 9.00. The highest BCUT2D eigenvalue weighted by molar-refractivity contribution is 6.54. The van der Waals surface area contributed by atoms with Crippen molar-refractivity contribution < 1.29 is 32.9 Å². The Bertz CT molecular complexity index is 1400. The first-order valence-corrected chi connectivity index (χ1v) is 14.2. The van der Waals surface area contributed by atoms with Gasteiger partial charge in [-0.15, -0.1) is 0 Å². The molecule has 1 amide bonds. The Morgan fingerprint density at radius 3 is 2.45 bits per heavy atom. The van der Waals surface area contributed by atoms with Crippen molar-refractivity contribution in [3.63, 3.8) is 0 Å². The van der Waals surface area contributed by atoms with E-state index in [9.17, 15) is 14.0 Å². The second-order valence-corrected chi connectivity index (χ2v) is 10.3. The van der Waals surface area contributed by atoms with E-state index in [1.54, 1.807) is 36.1 Å². The van der Waals surface area contributed by atoms with E-state index in [-0.39, 0.29) is 23.3 Å². The van der Waals surface area contributed by atoms with Crippen LogP contribution in [0.3, 0.4) is 0 Å². The molecular formula is C31H31Cl2FN2O6. The predicted octanol–water partition coefficient (Wildman–Crippen LogP) is 7.20. The van der Waals surface area contributed by atoms with Crippen LogP contribution >= 0.6 is 23.2 Å². The maximum Gasteiger partial charge on any atom is 0.347 e. The number of halogens is 3. The quantitative estimate of drug-likeness (QED) is 0.142. The number of unbranched alkanes of at least 4 members (excludes halogenated alkanes) is 1. The van der Waals surface area contributed by atoms with Gasteiger partial charge in [-0.05, 0) is 74.9 Å². The van der Waals surface area contributed by atoms with E-state index < -0.39 is 22.7 Å². The number of esters is 1. The van der Waals surface area contributed by atoms with E-state index in [4.69, 9.17) is 47.4 Å². The molecule has 0 saturated heterocycles. The molecule has 0 N–H and O–H groups in total. The fraction of sp³-hybridized carbons (Fsp3) is 0.323. The second-order valence-electron chi connectivity index (χ2n) is 9.25. The molecular weight excluding hydrogens is 586 g/mol. The summed E-state index contributed by atoms with van der Waals surface area (Å²) in [5.41, 5.74) is 0.941. The molecule has 11 heteroatoms. The summed E-state index contributed by atoms with van der Waals surface area (Å²) in [6.07, 6.45) is 1.04. The number of fused-ring (bicyclic) bond motifs is 1. The molecule has 1 aliphatic heterocycles. The van der Waals surface area contributed by atoms with Crippen molar-refractivity contribution in [1.29, 1.82) is 5.26 Å². The van der Waals surface area contributed by atoms with Crippen LogP contribution in [-0.2, 0) is 14.3 Å². The van der Waals surface area contributed by atoms with Crippen molar-refractivity contribution in [3.8, 4) is 29.1 Å². The molecule has 0 fully saturated rings. The van der Waals surface area contributed by atoms with E-state index in [0.717, 1.165) is 24.6 Å². The Morgan fingerprint density at radius 1 is 1.12 bits per heavy atom. The summed E-state index contributed by atoms with van der Waals surface area (Å²) in [5, 5.41) is 8.74. The molecule has 0 aliphatic carbocycles. The van der Waals surface area contributed by atoms with Gasteiger partial charge < -0.3 is 23.8 Å². The maximum atomic E-state index is 13.8. The summed E-state index contributed by atoms with van der Waals surface area (Å²) in [6, 6.07) is 19.5. The van der Waals surface area contributed by atoms with Gasteiger partial charge in [0, 0.05) is 0 Å². The smallest absolute Gasteiger partial charge is 0.347 e.